The van der Waals surface area contributed by atoms with Gasteiger partial charge in [-0.3, -0.25) is 4.90 Å². The molecule has 2 amide bonds. The molecule has 0 unspecified atom stereocenters. The van der Waals surface area contributed by atoms with Gasteiger partial charge < -0.3 is 15.5 Å². The predicted octanol–water partition coefficient (Wildman–Crippen LogP) is 0.976. The van der Waals surface area contributed by atoms with Crippen molar-refractivity contribution in [1.29, 1.82) is 0 Å². The molecule has 6 heteroatoms. The van der Waals surface area contributed by atoms with Crippen molar-refractivity contribution in [2.75, 3.05) is 18.6 Å². The van der Waals surface area contributed by atoms with E-state index in [-0.39, 0.29) is 13.0 Å². The Morgan fingerprint density at radius 1 is 1.42 bits per heavy atom. The van der Waals surface area contributed by atoms with Crippen LogP contribution in [0.15, 0.2) is 24.3 Å². The lowest BCUT2D eigenvalue weighted by atomic mass is 10.2. The number of aliphatic hydroxyl groups excluding tert-OH is 1. The maximum absolute atomic E-state index is 11.9. The Morgan fingerprint density at radius 3 is 2.63 bits per heavy atom. The number of nitrogens with zero attached hydrogens (tertiary/aromatic N) is 1. The molecule has 0 radical (unpaired) electrons. The van der Waals surface area contributed by atoms with Crippen LogP contribution in [0.3, 0.4) is 0 Å². The topological polar surface area (TPSA) is 89.9 Å². The molecule has 0 fully saturated rings. The van der Waals surface area contributed by atoms with Crippen molar-refractivity contribution in [3.63, 3.8) is 0 Å². The third kappa shape index (κ3) is 4.26. The van der Waals surface area contributed by atoms with E-state index in [0.717, 1.165) is 5.56 Å². The maximum atomic E-state index is 11.9. The van der Waals surface area contributed by atoms with E-state index in [1.54, 1.807) is 13.1 Å². The van der Waals surface area contributed by atoms with Crippen molar-refractivity contribution in [1.82, 2.24) is 5.32 Å². The average Bonchev–Trinajstić information content (AvgIpc) is 2.37. The third-order valence-electron chi connectivity index (χ3n) is 2.71. The zero-order chi connectivity index (χ0) is 14.4. The van der Waals surface area contributed by atoms with Crippen molar-refractivity contribution in [2.24, 2.45) is 0 Å². The molecule has 0 saturated carbocycles. The van der Waals surface area contributed by atoms with Crippen molar-refractivity contribution >= 4 is 17.7 Å². The lowest BCUT2D eigenvalue weighted by molar-refractivity contribution is -0.139. The van der Waals surface area contributed by atoms with Gasteiger partial charge in [-0.05, 0) is 24.6 Å². The highest BCUT2D eigenvalue weighted by Gasteiger charge is 2.21. The van der Waals surface area contributed by atoms with Crippen molar-refractivity contribution < 1.29 is 19.8 Å². The molecule has 1 rings (SSSR count). The van der Waals surface area contributed by atoms with Crippen molar-refractivity contribution in [3.8, 4) is 0 Å². The second-order valence-electron chi connectivity index (χ2n) is 4.25. The van der Waals surface area contributed by atoms with E-state index in [1.807, 2.05) is 25.1 Å². The number of aliphatic carboxylic acids is 1. The van der Waals surface area contributed by atoms with Gasteiger partial charge >= 0.3 is 12.0 Å². The van der Waals surface area contributed by atoms with Crippen LogP contribution < -0.4 is 10.2 Å². The molecule has 104 valence electrons. The van der Waals surface area contributed by atoms with Gasteiger partial charge in [0.05, 0.1) is 0 Å². The first-order chi connectivity index (χ1) is 8.95. The summed E-state index contributed by atoms with van der Waals surface area (Å²) in [4.78, 5) is 24.1. The Balaban J connectivity index is 2.74. The second-order valence-corrected chi connectivity index (χ2v) is 4.25. The van der Waals surface area contributed by atoms with Crippen molar-refractivity contribution in [3.05, 3.63) is 29.8 Å². The Labute approximate surface area is 111 Å². The molecular formula is C13H18N2O4. The molecule has 0 aliphatic rings. The van der Waals surface area contributed by atoms with E-state index in [4.69, 9.17) is 10.2 Å². The second kappa shape index (κ2) is 6.75. The zero-order valence-corrected chi connectivity index (χ0v) is 11.0. The summed E-state index contributed by atoms with van der Waals surface area (Å²) in [6, 6.07) is 5.68. The fourth-order valence-electron chi connectivity index (χ4n) is 1.59. The molecule has 0 aliphatic carbocycles. The summed E-state index contributed by atoms with van der Waals surface area (Å²) in [6.45, 7) is 1.60. The molecule has 1 aromatic carbocycles. The zero-order valence-electron chi connectivity index (χ0n) is 11.0. The van der Waals surface area contributed by atoms with E-state index in [2.05, 4.69) is 5.32 Å². The number of hydrogen-bond donors (Lipinski definition) is 3. The number of amides is 2. The summed E-state index contributed by atoms with van der Waals surface area (Å²) < 4.78 is 0. The molecule has 0 saturated heterocycles. The van der Waals surface area contributed by atoms with E-state index in [9.17, 15) is 9.59 Å². The van der Waals surface area contributed by atoms with Crippen LogP contribution in [0.25, 0.3) is 0 Å². The smallest absolute Gasteiger partial charge is 0.326 e. The van der Waals surface area contributed by atoms with Crippen LogP contribution in [0.5, 0.6) is 0 Å². The number of rotatable bonds is 5. The molecule has 0 aromatic heterocycles. The first-order valence-electron chi connectivity index (χ1n) is 5.90. The van der Waals surface area contributed by atoms with E-state index >= 15 is 0 Å². The van der Waals surface area contributed by atoms with Gasteiger partial charge in [0.25, 0.3) is 0 Å². The van der Waals surface area contributed by atoms with Crippen LogP contribution >= 0.6 is 0 Å². The van der Waals surface area contributed by atoms with Gasteiger partial charge in [0.1, 0.15) is 6.04 Å². The number of benzene rings is 1. The van der Waals surface area contributed by atoms with Crippen LogP contribution in [0.1, 0.15) is 12.0 Å². The summed E-state index contributed by atoms with van der Waals surface area (Å²) in [5, 5.41) is 20.0. The molecule has 6 nitrogen and oxygen atoms in total. The van der Waals surface area contributed by atoms with Crippen LogP contribution in [-0.4, -0.2) is 41.9 Å². The number of anilines is 1. The quantitative estimate of drug-likeness (QED) is 0.741. The van der Waals surface area contributed by atoms with Gasteiger partial charge in [0.2, 0.25) is 0 Å². The molecule has 1 aromatic rings. The van der Waals surface area contributed by atoms with Gasteiger partial charge in [-0.2, -0.15) is 0 Å². The number of carbonyl (C=O) groups is 2. The Morgan fingerprint density at radius 2 is 2.11 bits per heavy atom. The molecule has 3 N–H and O–H groups in total. The lowest BCUT2D eigenvalue weighted by Gasteiger charge is -2.21. The molecule has 19 heavy (non-hydrogen) atoms. The molecule has 0 bridgehead atoms. The lowest BCUT2D eigenvalue weighted by Crippen LogP contribution is -2.47. The van der Waals surface area contributed by atoms with E-state index < -0.39 is 18.0 Å². The predicted molar refractivity (Wildman–Crippen MR) is 71.2 cm³/mol. The van der Waals surface area contributed by atoms with Gasteiger partial charge in [0, 0.05) is 25.8 Å². The first-order valence-corrected chi connectivity index (χ1v) is 5.90. The average molecular weight is 266 g/mol. The van der Waals surface area contributed by atoms with Gasteiger partial charge in [0.15, 0.2) is 0 Å². The summed E-state index contributed by atoms with van der Waals surface area (Å²) in [5.41, 5.74) is 1.67. The highest BCUT2D eigenvalue weighted by molar-refractivity contribution is 5.94. The Bertz CT molecular complexity index is 462. The third-order valence-corrected chi connectivity index (χ3v) is 2.71. The largest absolute Gasteiger partial charge is 0.480 e. The first kappa shape index (κ1) is 15.0. The van der Waals surface area contributed by atoms with Gasteiger partial charge in [-0.1, -0.05) is 12.1 Å². The monoisotopic (exact) mass is 266 g/mol. The summed E-state index contributed by atoms with van der Waals surface area (Å²) in [6.07, 6.45) is -0.0251. The molecule has 1 atom stereocenters. The van der Waals surface area contributed by atoms with Gasteiger partial charge in [-0.15, -0.1) is 0 Å². The Kier molecular flexibility index (Phi) is 5.32. The van der Waals surface area contributed by atoms with Crippen molar-refractivity contribution in [2.45, 2.75) is 19.4 Å². The highest BCUT2D eigenvalue weighted by Crippen LogP contribution is 2.14. The summed E-state index contributed by atoms with van der Waals surface area (Å²) >= 11 is 0. The minimum absolute atomic E-state index is 0.0251. The standard InChI is InChI=1S/C13H18N2O4/c1-9-4-3-5-10(8-9)15(2)13(19)14-11(6-7-16)12(17)18/h3-5,8,11,16H,6-7H2,1-2H3,(H,14,19)(H,17,18)/t11-/m1/s1. The number of hydrogen-bond acceptors (Lipinski definition) is 3. The number of carboxylic acids is 1. The minimum Gasteiger partial charge on any atom is -0.480 e. The molecule has 0 heterocycles. The maximum Gasteiger partial charge on any atom is 0.326 e. The fourth-order valence-corrected chi connectivity index (χ4v) is 1.59. The molecule has 0 spiro atoms. The minimum atomic E-state index is -1.17. The summed E-state index contributed by atoms with van der Waals surface area (Å²) in [7, 11) is 1.56. The number of aliphatic hydroxyl groups is 1. The van der Waals surface area contributed by atoms with Gasteiger partial charge in [-0.25, -0.2) is 9.59 Å². The van der Waals surface area contributed by atoms with E-state index in [0.29, 0.717) is 5.69 Å². The number of carbonyl (C=O) groups excluding carboxylic acids is 1. The Hall–Kier alpha value is -2.08. The molecular weight excluding hydrogens is 248 g/mol. The number of urea groups is 1. The number of nitrogens with one attached hydrogen (secondary N) is 1. The highest BCUT2D eigenvalue weighted by atomic mass is 16.4. The van der Waals surface area contributed by atoms with Crippen LogP contribution in [0.4, 0.5) is 10.5 Å². The SMILES string of the molecule is Cc1cccc(N(C)C(=O)N[C@H](CCO)C(=O)O)c1. The number of aryl methyl sites for hydroxylation is 1. The van der Waals surface area contributed by atoms with Crippen LogP contribution in [0.2, 0.25) is 0 Å². The van der Waals surface area contributed by atoms with Crippen LogP contribution in [0, 0.1) is 6.92 Å². The summed E-state index contributed by atoms with van der Waals surface area (Å²) in [5.74, 6) is -1.17. The normalized spacial score (nSPS) is 11.7. The van der Waals surface area contributed by atoms with E-state index in [1.165, 1.54) is 4.90 Å². The number of carboxylic acid groups (broad SMARTS) is 1. The van der Waals surface area contributed by atoms with Crippen LogP contribution in [-0.2, 0) is 4.79 Å². The fraction of sp³-hybridized carbons (Fsp3) is 0.385. The molecule has 0 aliphatic heterocycles.